The molecule has 0 unspecified atom stereocenters. The van der Waals surface area contributed by atoms with Crippen LogP contribution in [0.4, 0.5) is 0 Å². The molecule has 0 aliphatic rings. The van der Waals surface area contributed by atoms with E-state index < -0.39 is 0 Å². The van der Waals surface area contributed by atoms with Gasteiger partial charge < -0.3 is 4.74 Å². The van der Waals surface area contributed by atoms with Crippen LogP contribution in [0, 0.1) is 11.3 Å². The van der Waals surface area contributed by atoms with Gasteiger partial charge in [-0.1, -0.05) is 37.3 Å². The monoisotopic (exact) mass is 215 g/mol. The van der Waals surface area contributed by atoms with Gasteiger partial charge in [-0.15, -0.1) is 0 Å². The SMILES string of the molecule is CCC(OC)=C(C#N)C(=O)c1ccccc1. The van der Waals surface area contributed by atoms with Crippen LogP contribution in [-0.4, -0.2) is 12.9 Å². The Morgan fingerprint density at radius 2 is 2.00 bits per heavy atom. The molecule has 82 valence electrons. The highest BCUT2D eigenvalue weighted by Crippen LogP contribution is 2.14. The Hall–Kier alpha value is -2.08. The van der Waals surface area contributed by atoms with E-state index in [2.05, 4.69) is 0 Å². The zero-order chi connectivity index (χ0) is 12.0. The average Bonchev–Trinajstić information content (AvgIpc) is 2.36. The van der Waals surface area contributed by atoms with Crippen molar-refractivity contribution in [3.63, 3.8) is 0 Å². The van der Waals surface area contributed by atoms with E-state index in [0.29, 0.717) is 17.7 Å². The van der Waals surface area contributed by atoms with Gasteiger partial charge in [-0.05, 0) is 0 Å². The minimum Gasteiger partial charge on any atom is -0.500 e. The van der Waals surface area contributed by atoms with Gasteiger partial charge in [0.25, 0.3) is 0 Å². The molecule has 0 saturated carbocycles. The normalized spacial score (nSPS) is 11.3. The number of rotatable bonds is 4. The number of nitrogens with zero attached hydrogens (tertiary/aromatic N) is 1. The lowest BCUT2D eigenvalue weighted by Gasteiger charge is -2.06. The lowest BCUT2D eigenvalue weighted by Crippen LogP contribution is -2.06. The van der Waals surface area contributed by atoms with Crippen molar-refractivity contribution >= 4 is 5.78 Å². The number of hydrogen-bond acceptors (Lipinski definition) is 3. The second kappa shape index (κ2) is 5.72. The fourth-order valence-corrected chi connectivity index (χ4v) is 1.40. The third-order valence-electron chi connectivity index (χ3n) is 2.22. The average molecular weight is 215 g/mol. The maximum absolute atomic E-state index is 12.0. The molecule has 0 atom stereocenters. The molecule has 3 heteroatoms. The molecule has 0 heterocycles. The number of nitriles is 1. The Morgan fingerprint density at radius 1 is 1.38 bits per heavy atom. The lowest BCUT2D eigenvalue weighted by molar-refractivity contribution is 0.103. The van der Waals surface area contributed by atoms with E-state index in [4.69, 9.17) is 10.00 Å². The molecule has 0 fully saturated rings. The summed E-state index contributed by atoms with van der Waals surface area (Å²) in [5.41, 5.74) is 0.582. The Kier molecular flexibility index (Phi) is 4.28. The third kappa shape index (κ3) is 2.48. The zero-order valence-electron chi connectivity index (χ0n) is 9.36. The van der Waals surface area contributed by atoms with Crippen LogP contribution in [0.3, 0.4) is 0 Å². The molecule has 0 aliphatic carbocycles. The molecule has 0 spiro atoms. The molecule has 0 saturated heterocycles. The van der Waals surface area contributed by atoms with Crippen molar-refractivity contribution in [2.24, 2.45) is 0 Å². The third-order valence-corrected chi connectivity index (χ3v) is 2.22. The van der Waals surface area contributed by atoms with Gasteiger partial charge in [0.05, 0.1) is 7.11 Å². The highest BCUT2D eigenvalue weighted by molar-refractivity contribution is 6.11. The molecule has 1 rings (SSSR count). The number of ketones is 1. The summed E-state index contributed by atoms with van der Waals surface area (Å²) in [5, 5.41) is 8.98. The Balaban J connectivity index is 3.14. The number of methoxy groups -OCH3 is 1. The van der Waals surface area contributed by atoms with Crippen molar-refractivity contribution < 1.29 is 9.53 Å². The van der Waals surface area contributed by atoms with Crippen molar-refractivity contribution in [3.05, 3.63) is 47.2 Å². The summed E-state index contributed by atoms with van der Waals surface area (Å²) < 4.78 is 5.03. The molecule has 0 aliphatic heterocycles. The van der Waals surface area contributed by atoms with Crippen LogP contribution in [0.1, 0.15) is 23.7 Å². The largest absolute Gasteiger partial charge is 0.500 e. The molecule has 16 heavy (non-hydrogen) atoms. The smallest absolute Gasteiger partial charge is 0.206 e. The van der Waals surface area contributed by atoms with Gasteiger partial charge in [0, 0.05) is 12.0 Å². The van der Waals surface area contributed by atoms with Crippen LogP contribution < -0.4 is 0 Å². The lowest BCUT2D eigenvalue weighted by atomic mass is 10.0. The second-order valence-electron chi connectivity index (χ2n) is 3.16. The number of benzene rings is 1. The first kappa shape index (κ1) is 12.0. The van der Waals surface area contributed by atoms with E-state index in [0.717, 1.165) is 0 Å². The Morgan fingerprint density at radius 3 is 2.44 bits per heavy atom. The summed E-state index contributed by atoms with van der Waals surface area (Å²) >= 11 is 0. The number of carbonyl (C=O) groups is 1. The van der Waals surface area contributed by atoms with E-state index in [1.807, 2.05) is 19.1 Å². The quantitative estimate of drug-likeness (QED) is 0.336. The first-order valence-corrected chi connectivity index (χ1v) is 5.01. The maximum Gasteiger partial charge on any atom is 0.206 e. The molecule has 0 amide bonds. The van der Waals surface area contributed by atoms with Crippen LogP contribution in [0.5, 0.6) is 0 Å². The summed E-state index contributed by atoms with van der Waals surface area (Å²) in [7, 11) is 1.47. The van der Waals surface area contributed by atoms with Crippen molar-refractivity contribution in [2.45, 2.75) is 13.3 Å². The summed E-state index contributed by atoms with van der Waals surface area (Å²) in [5.74, 6) is 0.137. The van der Waals surface area contributed by atoms with E-state index in [1.165, 1.54) is 7.11 Å². The summed E-state index contributed by atoms with van der Waals surface area (Å²) in [4.78, 5) is 12.0. The molecule has 0 N–H and O–H groups in total. The van der Waals surface area contributed by atoms with Gasteiger partial charge in [-0.2, -0.15) is 5.26 Å². The predicted octanol–water partition coefficient (Wildman–Crippen LogP) is 2.70. The standard InChI is InChI=1S/C13H13NO2/c1-3-12(16-2)11(9-14)13(15)10-7-5-4-6-8-10/h4-8H,3H2,1-2H3. The van der Waals surface area contributed by atoms with Crippen molar-refractivity contribution in [2.75, 3.05) is 7.11 Å². The number of Topliss-reactive ketones (excluding diaryl/α,β-unsaturated/α-hetero) is 1. The topological polar surface area (TPSA) is 50.1 Å². The predicted molar refractivity (Wildman–Crippen MR) is 60.7 cm³/mol. The maximum atomic E-state index is 12.0. The Labute approximate surface area is 95.0 Å². The van der Waals surface area contributed by atoms with E-state index in [-0.39, 0.29) is 11.4 Å². The molecule has 1 aromatic carbocycles. The molecule has 3 nitrogen and oxygen atoms in total. The molecular weight excluding hydrogens is 202 g/mol. The number of ether oxygens (including phenoxy) is 1. The van der Waals surface area contributed by atoms with Gasteiger partial charge in [0.15, 0.2) is 0 Å². The van der Waals surface area contributed by atoms with Gasteiger partial charge >= 0.3 is 0 Å². The fraction of sp³-hybridized carbons (Fsp3) is 0.231. The summed E-state index contributed by atoms with van der Waals surface area (Å²) in [6.45, 7) is 1.84. The van der Waals surface area contributed by atoms with E-state index in [1.54, 1.807) is 24.3 Å². The van der Waals surface area contributed by atoms with Crippen LogP contribution in [0.2, 0.25) is 0 Å². The van der Waals surface area contributed by atoms with Crippen molar-refractivity contribution in [1.29, 1.82) is 5.26 Å². The summed E-state index contributed by atoms with van der Waals surface area (Å²) in [6.07, 6.45) is 0.526. The zero-order valence-corrected chi connectivity index (χ0v) is 9.36. The van der Waals surface area contributed by atoms with E-state index in [9.17, 15) is 4.79 Å². The molecule has 0 bridgehead atoms. The molecular formula is C13H13NO2. The Bertz CT molecular complexity index is 435. The van der Waals surface area contributed by atoms with Crippen molar-refractivity contribution in [3.8, 4) is 6.07 Å². The van der Waals surface area contributed by atoms with Gasteiger partial charge in [-0.25, -0.2) is 0 Å². The van der Waals surface area contributed by atoms with Crippen LogP contribution >= 0.6 is 0 Å². The van der Waals surface area contributed by atoms with E-state index >= 15 is 0 Å². The highest BCUT2D eigenvalue weighted by atomic mass is 16.5. The van der Waals surface area contributed by atoms with Gasteiger partial charge in [0.2, 0.25) is 5.78 Å². The van der Waals surface area contributed by atoms with Crippen molar-refractivity contribution in [1.82, 2.24) is 0 Å². The first-order chi connectivity index (χ1) is 7.74. The molecule has 1 aromatic rings. The van der Waals surface area contributed by atoms with Crippen LogP contribution in [0.25, 0.3) is 0 Å². The summed E-state index contributed by atoms with van der Waals surface area (Å²) in [6, 6.07) is 10.6. The van der Waals surface area contributed by atoms with Crippen LogP contribution in [0.15, 0.2) is 41.7 Å². The molecule has 0 aromatic heterocycles. The second-order valence-corrected chi connectivity index (χ2v) is 3.16. The molecule has 0 radical (unpaired) electrons. The fourth-order valence-electron chi connectivity index (χ4n) is 1.40. The van der Waals surface area contributed by atoms with Crippen LogP contribution in [-0.2, 0) is 4.74 Å². The number of carbonyl (C=O) groups excluding carboxylic acids is 1. The first-order valence-electron chi connectivity index (χ1n) is 5.01. The number of allylic oxidation sites excluding steroid dienone is 2. The number of hydrogen-bond donors (Lipinski definition) is 0. The van der Waals surface area contributed by atoms with Gasteiger partial charge in [-0.3, -0.25) is 4.79 Å². The minimum atomic E-state index is -0.290. The van der Waals surface area contributed by atoms with Gasteiger partial charge in [0.1, 0.15) is 17.4 Å². The minimum absolute atomic E-state index is 0.0798. The highest BCUT2D eigenvalue weighted by Gasteiger charge is 2.16.